The van der Waals surface area contributed by atoms with Gasteiger partial charge in [-0.1, -0.05) is 18.2 Å². The molecule has 3 aromatic rings. The van der Waals surface area contributed by atoms with Crippen molar-refractivity contribution in [1.82, 2.24) is 19.8 Å². The van der Waals surface area contributed by atoms with Crippen LogP contribution in [-0.2, 0) is 6.54 Å². The molecule has 2 saturated heterocycles. The first kappa shape index (κ1) is 25.5. The van der Waals surface area contributed by atoms with E-state index in [-0.39, 0.29) is 0 Å². The van der Waals surface area contributed by atoms with Crippen molar-refractivity contribution >= 4 is 28.4 Å². The number of para-hydroxylation sites is 1. The second kappa shape index (κ2) is 11.5. The summed E-state index contributed by atoms with van der Waals surface area (Å²) in [6, 6.07) is 15.1. The van der Waals surface area contributed by atoms with Gasteiger partial charge in [-0.3, -0.25) is 4.90 Å². The highest BCUT2D eigenvalue weighted by atomic mass is 16.5. The molecule has 1 aromatic heterocycles. The number of fused-ring (bicyclic) bond motifs is 1. The molecule has 0 unspecified atom stereocenters. The summed E-state index contributed by atoms with van der Waals surface area (Å²) < 4.78 is 5.71. The molecule has 2 fully saturated rings. The minimum absolute atomic E-state index is 0.392. The lowest BCUT2D eigenvalue weighted by Gasteiger charge is -2.34. The van der Waals surface area contributed by atoms with E-state index in [1.54, 1.807) is 7.11 Å². The smallest absolute Gasteiger partial charge is 0.227 e. The van der Waals surface area contributed by atoms with Crippen LogP contribution in [0.5, 0.6) is 5.75 Å². The van der Waals surface area contributed by atoms with E-state index in [1.165, 1.54) is 11.3 Å². The number of hydrogen-bond acceptors (Lipinski definition) is 8. The first-order chi connectivity index (χ1) is 18.0. The van der Waals surface area contributed by atoms with Crippen molar-refractivity contribution in [3.05, 3.63) is 48.0 Å². The summed E-state index contributed by atoms with van der Waals surface area (Å²) in [6.45, 7) is 7.10. The second-order valence-corrected chi connectivity index (χ2v) is 10.6. The van der Waals surface area contributed by atoms with Gasteiger partial charge in [-0.05, 0) is 57.1 Å². The molecule has 8 heteroatoms. The van der Waals surface area contributed by atoms with Gasteiger partial charge in [0, 0.05) is 76.0 Å². The van der Waals surface area contributed by atoms with Crippen molar-refractivity contribution in [2.24, 2.45) is 0 Å². The third kappa shape index (κ3) is 5.91. The lowest BCUT2D eigenvalue weighted by molar-refractivity contribution is 0.209. The normalized spacial score (nSPS) is 18.1. The Balaban J connectivity index is 1.29. The summed E-state index contributed by atoms with van der Waals surface area (Å²) in [7, 11) is 8.15. The molecule has 198 valence electrons. The lowest BCUT2D eigenvalue weighted by atomic mass is 10.0. The van der Waals surface area contributed by atoms with Gasteiger partial charge in [-0.2, -0.15) is 4.98 Å². The average Bonchev–Trinajstić information content (AvgIpc) is 3.14. The molecule has 8 nitrogen and oxygen atoms in total. The van der Waals surface area contributed by atoms with E-state index < -0.39 is 0 Å². The van der Waals surface area contributed by atoms with Gasteiger partial charge in [0.15, 0.2) is 0 Å². The molecule has 2 aromatic carbocycles. The molecule has 0 amide bonds. The minimum Gasteiger partial charge on any atom is -0.496 e. The number of aromatic nitrogens is 2. The molecule has 2 aliphatic rings. The molecule has 0 aliphatic carbocycles. The molecule has 37 heavy (non-hydrogen) atoms. The number of likely N-dealkylation sites (N-methyl/N-ethyl adjacent to an activating group) is 1. The number of likely N-dealkylation sites (tertiary alicyclic amines) is 1. The Morgan fingerprint density at radius 3 is 2.54 bits per heavy atom. The zero-order chi connectivity index (χ0) is 25.8. The zero-order valence-electron chi connectivity index (χ0n) is 22.8. The topological polar surface area (TPSA) is 60.0 Å². The number of rotatable bonds is 7. The van der Waals surface area contributed by atoms with Gasteiger partial charge >= 0.3 is 0 Å². The molecule has 3 heterocycles. The maximum Gasteiger partial charge on any atom is 0.227 e. The summed E-state index contributed by atoms with van der Waals surface area (Å²) in [6.07, 6.45) is 3.29. The van der Waals surface area contributed by atoms with Crippen molar-refractivity contribution in [3.63, 3.8) is 0 Å². The zero-order valence-corrected chi connectivity index (χ0v) is 22.8. The third-order valence-electron chi connectivity index (χ3n) is 7.71. The van der Waals surface area contributed by atoms with Crippen LogP contribution in [0.25, 0.3) is 10.9 Å². The van der Waals surface area contributed by atoms with Crippen LogP contribution in [-0.4, -0.2) is 93.3 Å². The van der Waals surface area contributed by atoms with Crippen molar-refractivity contribution in [2.75, 3.05) is 82.6 Å². The number of anilines is 3. The summed E-state index contributed by atoms with van der Waals surface area (Å²) in [5.41, 5.74) is 3.49. The maximum absolute atomic E-state index is 5.71. The quantitative estimate of drug-likeness (QED) is 0.521. The third-order valence-corrected chi connectivity index (χ3v) is 7.71. The Morgan fingerprint density at radius 2 is 1.76 bits per heavy atom. The van der Waals surface area contributed by atoms with Gasteiger partial charge in [0.25, 0.3) is 0 Å². The first-order valence-corrected chi connectivity index (χ1v) is 13.5. The van der Waals surface area contributed by atoms with E-state index in [0.29, 0.717) is 6.04 Å². The van der Waals surface area contributed by atoms with Crippen LogP contribution in [0.15, 0.2) is 42.5 Å². The number of ether oxygens (including phenoxy) is 1. The largest absolute Gasteiger partial charge is 0.496 e. The van der Waals surface area contributed by atoms with E-state index in [1.807, 2.05) is 0 Å². The minimum atomic E-state index is 0.392. The SMILES string of the molecule is COc1cccc(N(C)C)c1CN1CCC(Nc2nc(N3CCCN(C)CC3)nc3ccccc23)CC1. The highest BCUT2D eigenvalue weighted by molar-refractivity contribution is 5.90. The van der Waals surface area contributed by atoms with Crippen LogP contribution in [0.4, 0.5) is 17.5 Å². The number of nitrogens with zero attached hydrogens (tertiary/aromatic N) is 6. The van der Waals surface area contributed by atoms with Crippen LogP contribution in [0.3, 0.4) is 0 Å². The summed E-state index contributed by atoms with van der Waals surface area (Å²) in [4.78, 5) is 19.5. The fraction of sp³-hybridized carbons (Fsp3) is 0.517. The number of methoxy groups -OCH3 is 1. The van der Waals surface area contributed by atoms with Crippen LogP contribution in [0.2, 0.25) is 0 Å². The number of nitrogens with one attached hydrogen (secondary N) is 1. The second-order valence-electron chi connectivity index (χ2n) is 10.6. The molecular formula is C29H41N7O. The predicted molar refractivity (Wildman–Crippen MR) is 153 cm³/mol. The van der Waals surface area contributed by atoms with Gasteiger partial charge in [0.1, 0.15) is 11.6 Å². The maximum atomic E-state index is 5.71. The summed E-state index contributed by atoms with van der Waals surface area (Å²) in [5.74, 6) is 2.78. The van der Waals surface area contributed by atoms with E-state index in [2.05, 4.69) is 88.5 Å². The standard InChI is InChI=1S/C29H41N7O/c1-33(2)26-11-7-12-27(37-4)24(26)21-35-17-13-22(14-18-35)30-28-23-9-5-6-10-25(23)31-29(32-28)36-16-8-15-34(3)19-20-36/h5-7,9-12,22H,8,13-21H2,1-4H3,(H,30,31,32). The summed E-state index contributed by atoms with van der Waals surface area (Å²) >= 11 is 0. The van der Waals surface area contributed by atoms with E-state index in [4.69, 9.17) is 14.7 Å². The molecule has 2 aliphatic heterocycles. The van der Waals surface area contributed by atoms with Gasteiger partial charge in [-0.15, -0.1) is 0 Å². The summed E-state index contributed by atoms with van der Waals surface area (Å²) in [5, 5.41) is 4.92. The molecule has 0 atom stereocenters. The Hall–Kier alpha value is -3.10. The Bertz CT molecular complexity index is 1190. The molecule has 0 radical (unpaired) electrons. The van der Waals surface area contributed by atoms with E-state index >= 15 is 0 Å². The van der Waals surface area contributed by atoms with Crippen LogP contribution < -0.4 is 19.9 Å². The fourth-order valence-electron chi connectivity index (χ4n) is 5.54. The van der Waals surface area contributed by atoms with Gasteiger partial charge in [0.2, 0.25) is 5.95 Å². The van der Waals surface area contributed by atoms with Crippen molar-refractivity contribution in [1.29, 1.82) is 0 Å². The average molecular weight is 504 g/mol. The van der Waals surface area contributed by atoms with Gasteiger partial charge in [-0.25, -0.2) is 4.98 Å². The molecule has 1 N–H and O–H groups in total. The highest BCUT2D eigenvalue weighted by Crippen LogP contribution is 2.31. The fourth-order valence-corrected chi connectivity index (χ4v) is 5.54. The molecule has 0 spiro atoms. The van der Waals surface area contributed by atoms with Crippen LogP contribution in [0.1, 0.15) is 24.8 Å². The molecule has 5 rings (SSSR count). The Kier molecular flexibility index (Phi) is 7.96. The van der Waals surface area contributed by atoms with E-state index in [9.17, 15) is 0 Å². The van der Waals surface area contributed by atoms with Crippen LogP contribution >= 0.6 is 0 Å². The van der Waals surface area contributed by atoms with Crippen molar-refractivity contribution in [2.45, 2.75) is 31.8 Å². The monoisotopic (exact) mass is 503 g/mol. The van der Waals surface area contributed by atoms with Gasteiger partial charge < -0.3 is 24.8 Å². The van der Waals surface area contributed by atoms with Gasteiger partial charge in [0.05, 0.1) is 12.6 Å². The molecule has 0 bridgehead atoms. The predicted octanol–water partition coefficient (Wildman–Crippen LogP) is 3.92. The van der Waals surface area contributed by atoms with Crippen LogP contribution in [0, 0.1) is 0 Å². The lowest BCUT2D eigenvalue weighted by Crippen LogP contribution is -2.39. The number of piperidine rings is 1. The van der Waals surface area contributed by atoms with E-state index in [0.717, 1.165) is 93.5 Å². The Morgan fingerprint density at radius 1 is 0.946 bits per heavy atom. The number of benzene rings is 2. The number of hydrogen-bond donors (Lipinski definition) is 1. The van der Waals surface area contributed by atoms with Crippen molar-refractivity contribution < 1.29 is 4.74 Å². The molecular weight excluding hydrogens is 462 g/mol. The first-order valence-electron chi connectivity index (χ1n) is 13.5. The van der Waals surface area contributed by atoms with Crippen molar-refractivity contribution in [3.8, 4) is 5.75 Å². The molecule has 0 saturated carbocycles. The Labute approximate surface area is 221 Å². The highest BCUT2D eigenvalue weighted by Gasteiger charge is 2.24.